The summed E-state index contributed by atoms with van der Waals surface area (Å²) in [6.45, 7) is 4.22. The molecule has 100 valence electrons. The van der Waals surface area contributed by atoms with E-state index in [1.807, 2.05) is 13.8 Å². The number of carbonyl (C=O) groups excluding carboxylic acids is 1. The van der Waals surface area contributed by atoms with Crippen molar-refractivity contribution in [1.29, 1.82) is 0 Å². The Hall–Kier alpha value is -0.520. The van der Waals surface area contributed by atoms with E-state index in [4.69, 9.17) is 9.47 Å². The summed E-state index contributed by atoms with van der Waals surface area (Å²) in [6.07, 6.45) is 0.647. The third kappa shape index (κ3) is 4.63. The van der Waals surface area contributed by atoms with Crippen molar-refractivity contribution in [3.63, 3.8) is 0 Å². The van der Waals surface area contributed by atoms with Crippen molar-refractivity contribution in [2.75, 3.05) is 13.7 Å². The van der Waals surface area contributed by atoms with Crippen LogP contribution in [0.25, 0.3) is 0 Å². The summed E-state index contributed by atoms with van der Waals surface area (Å²) >= 11 is 7.56. The number of benzene rings is 1. The van der Waals surface area contributed by atoms with Gasteiger partial charge in [-0.3, -0.25) is 0 Å². The molecule has 0 fully saturated rings. The van der Waals surface area contributed by atoms with Crippen molar-refractivity contribution in [3.05, 3.63) is 28.2 Å². The molecule has 0 saturated carbocycles. The Morgan fingerprint density at radius 2 is 2.11 bits per heavy atom. The van der Waals surface area contributed by atoms with Crippen LogP contribution in [0.4, 0.5) is 0 Å². The van der Waals surface area contributed by atoms with E-state index >= 15 is 0 Å². The molecule has 5 heteroatoms. The van der Waals surface area contributed by atoms with Gasteiger partial charge in [0, 0.05) is 22.9 Å². The number of rotatable bonds is 5. The molecular formula is C13H17BrO3S. The molecule has 18 heavy (non-hydrogen) atoms. The van der Waals surface area contributed by atoms with Gasteiger partial charge in [-0.25, -0.2) is 4.79 Å². The van der Waals surface area contributed by atoms with Crippen LogP contribution in [0.3, 0.4) is 0 Å². The molecule has 0 aliphatic rings. The van der Waals surface area contributed by atoms with Crippen LogP contribution in [0.15, 0.2) is 27.6 Å². The van der Waals surface area contributed by atoms with Crippen LogP contribution < -0.4 is 0 Å². The lowest BCUT2D eigenvalue weighted by Crippen LogP contribution is -2.25. The first kappa shape index (κ1) is 15.5. The van der Waals surface area contributed by atoms with Crippen molar-refractivity contribution in [3.8, 4) is 0 Å². The Labute approximate surface area is 121 Å². The highest BCUT2D eigenvalue weighted by molar-refractivity contribution is 9.10. The van der Waals surface area contributed by atoms with Crippen LogP contribution in [0.2, 0.25) is 0 Å². The highest BCUT2D eigenvalue weighted by atomic mass is 79.9. The molecule has 1 aromatic rings. The van der Waals surface area contributed by atoms with E-state index in [2.05, 4.69) is 28.6 Å². The Kier molecular flexibility index (Phi) is 5.69. The minimum Gasteiger partial charge on any atom is -0.462 e. The Morgan fingerprint density at radius 3 is 2.67 bits per heavy atom. The molecule has 1 rings (SSSR count). The summed E-state index contributed by atoms with van der Waals surface area (Å²) in [7, 11) is 1.64. The summed E-state index contributed by atoms with van der Waals surface area (Å²) in [5.74, 6) is -0.362. The molecule has 0 radical (unpaired) electrons. The van der Waals surface area contributed by atoms with Gasteiger partial charge in [0.25, 0.3) is 0 Å². The van der Waals surface area contributed by atoms with Gasteiger partial charge in [-0.1, -0.05) is 15.9 Å². The highest BCUT2D eigenvalue weighted by Crippen LogP contribution is 2.21. The van der Waals surface area contributed by atoms with Crippen molar-refractivity contribution >= 4 is 34.5 Å². The van der Waals surface area contributed by atoms with E-state index in [-0.39, 0.29) is 11.6 Å². The predicted octanol–water partition coefficient (Wildman–Crippen LogP) is 3.71. The molecule has 1 aromatic carbocycles. The zero-order valence-corrected chi connectivity index (χ0v) is 13.2. The van der Waals surface area contributed by atoms with Crippen LogP contribution in [-0.4, -0.2) is 25.3 Å². The summed E-state index contributed by atoms with van der Waals surface area (Å²) in [6, 6.07) is 5.24. The van der Waals surface area contributed by atoms with E-state index in [1.54, 1.807) is 25.3 Å². The number of hydrogen-bond acceptors (Lipinski definition) is 4. The van der Waals surface area contributed by atoms with E-state index in [0.29, 0.717) is 23.5 Å². The first-order chi connectivity index (χ1) is 8.35. The molecular weight excluding hydrogens is 316 g/mol. The van der Waals surface area contributed by atoms with Crippen LogP contribution in [-0.2, 0) is 9.47 Å². The average molecular weight is 333 g/mol. The van der Waals surface area contributed by atoms with Gasteiger partial charge in [-0.2, -0.15) is 0 Å². The normalized spacial score (nSPS) is 11.4. The fraction of sp³-hybridized carbons (Fsp3) is 0.462. The SMILES string of the molecule is COC(C)(C)CCOC(=O)c1ccc(Br)cc1S. The number of esters is 1. The van der Waals surface area contributed by atoms with Gasteiger partial charge < -0.3 is 9.47 Å². The Balaban J connectivity index is 2.56. The van der Waals surface area contributed by atoms with Crippen LogP contribution in [0.5, 0.6) is 0 Å². The highest BCUT2D eigenvalue weighted by Gasteiger charge is 2.18. The van der Waals surface area contributed by atoms with Crippen molar-refractivity contribution in [2.45, 2.75) is 30.8 Å². The second kappa shape index (κ2) is 6.59. The second-order valence-corrected chi connectivity index (χ2v) is 5.91. The van der Waals surface area contributed by atoms with Gasteiger partial charge in [-0.15, -0.1) is 12.6 Å². The topological polar surface area (TPSA) is 35.5 Å². The first-order valence-corrected chi connectivity index (χ1v) is 6.80. The zero-order chi connectivity index (χ0) is 13.8. The van der Waals surface area contributed by atoms with Crippen molar-refractivity contribution in [1.82, 2.24) is 0 Å². The number of hydrogen-bond donors (Lipinski definition) is 1. The maximum atomic E-state index is 11.8. The lowest BCUT2D eigenvalue weighted by Gasteiger charge is -2.22. The number of thiol groups is 1. The van der Waals surface area contributed by atoms with Gasteiger partial charge in [0.15, 0.2) is 0 Å². The lowest BCUT2D eigenvalue weighted by atomic mass is 10.1. The predicted molar refractivity (Wildman–Crippen MR) is 77.4 cm³/mol. The standard InChI is InChI=1S/C13H17BrO3S/c1-13(2,16-3)6-7-17-12(15)10-5-4-9(14)8-11(10)18/h4-5,8,18H,6-7H2,1-3H3. The molecule has 0 aromatic heterocycles. The lowest BCUT2D eigenvalue weighted by molar-refractivity contribution is -0.00573. The van der Waals surface area contributed by atoms with Gasteiger partial charge >= 0.3 is 5.97 Å². The molecule has 0 aliphatic carbocycles. The maximum absolute atomic E-state index is 11.8. The molecule has 0 bridgehead atoms. The van der Waals surface area contributed by atoms with E-state index in [9.17, 15) is 4.79 Å². The number of carbonyl (C=O) groups is 1. The van der Waals surface area contributed by atoms with Gasteiger partial charge in [0.1, 0.15) is 0 Å². The molecule has 0 amide bonds. The summed E-state index contributed by atoms with van der Waals surface area (Å²) in [5.41, 5.74) is 0.181. The summed E-state index contributed by atoms with van der Waals surface area (Å²) in [5, 5.41) is 0. The molecule has 0 spiro atoms. The number of halogens is 1. The van der Waals surface area contributed by atoms with Crippen molar-refractivity contribution < 1.29 is 14.3 Å². The minimum absolute atomic E-state index is 0.288. The molecule has 0 N–H and O–H groups in total. The van der Waals surface area contributed by atoms with Gasteiger partial charge in [0.2, 0.25) is 0 Å². The fourth-order valence-corrected chi connectivity index (χ4v) is 2.09. The number of ether oxygens (including phenoxy) is 2. The summed E-state index contributed by atoms with van der Waals surface area (Å²) < 4.78 is 11.3. The van der Waals surface area contributed by atoms with Crippen LogP contribution in [0, 0.1) is 0 Å². The van der Waals surface area contributed by atoms with Gasteiger partial charge in [-0.05, 0) is 32.0 Å². The van der Waals surface area contributed by atoms with E-state index in [0.717, 1.165) is 4.47 Å². The summed E-state index contributed by atoms with van der Waals surface area (Å²) in [4.78, 5) is 12.4. The largest absolute Gasteiger partial charge is 0.462 e. The van der Waals surface area contributed by atoms with Crippen LogP contribution in [0.1, 0.15) is 30.6 Å². The third-order valence-corrected chi connectivity index (χ3v) is 3.53. The third-order valence-electron chi connectivity index (χ3n) is 2.67. The van der Waals surface area contributed by atoms with Crippen LogP contribution >= 0.6 is 28.6 Å². The van der Waals surface area contributed by atoms with Crippen molar-refractivity contribution in [2.24, 2.45) is 0 Å². The zero-order valence-electron chi connectivity index (χ0n) is 10.7. The van der Waals surface area contributed by atoms with E-state index in [1.165, 1.54) is 0 Å². The molecule has 0 heterocycles. The minimum atomic E-state index is -0.362. The Bertz CT molecular complexity index is 432. The molecule has 0 aliphatic heterocycles. The smallest absolute Gasteiger partial charge is 0.339 e. The fourth-order valence-electron chi connectivity index (χ4n) is 1.25. The Morgan fingerprint density at radius 1 is 1.44 bits per heavy atom. The molecule has 0 saturated heterocycles. The second-order valence-electron chi connectivity index (χ2n) is 4.51. The molecule has 0 unspecified atom stereocenters. The number of methoxy groups -OCH3 is 1. The van der Waals surface area contributed by atoms with E-state index < -0.39 is 0 Å². The van der Waals surface area contributed by atoms with Gasteiger partial charge in [0.05, 0.1) is 17.8 Å². The maximum Gasteiger partial charge on any atom is 0.339 e. The quantitative estimate of drug-likeness (QED) is 0.659. The first-order valence-electron chi connectivity index (χ1n) is 5.56. The monoisotopic (exact) mass is 332 g/mol. The average Bonchev–Trinajstić information content (AvgIpc) is 2.28. The molecule has 0 atom stereocenters. The molecule has 3 nitrogen and oxygen atoms in total.